The average Bonchev–Trinajstić information content (AvgIpc) is 2.75. The lowest BCUT2D eigenvalue weighted by atomic mass is 10.1. The van der Waals surface area contributed by atoms with Crippen molar-refractivity contribution >= 4 is 23.0 Å². The van der Waals surface area contributed by atoms with E-state index >= 15 is 0 Å². The van der Waals surface area contributed by atoms with Crippen LogP contribution < -0.4 is 0 Å². The predicted octanol–water partition coefficient (Wildman–Crippen LogP) is 1.29. The van der Waals surface area contributed by atoms with E-state index in [1.807, 2.05) is 31.2 Å². The maximum absolute atomic E-state index is 10.1. The minimum absolute atomic E-state index is 0.352. The van der Waals surface area contributed by atoms with Crippen LogP contribution in [0.15, 0.2) is 30.5 Å². The third-order valence-corrected chi connectivity index (χ3v) is 4.31. The molecule has 1 aliphatic rings. The molecular weight excluding hydrogens is 290 g/mol. The van der Waals surface area contributed by atoms with E-state index in [1.54, 1.807) is 10.8 Å². The number of aromatic nitrogens is 1. The molecule has 1 saturated heterocycles. The summed E-state index contributed by atoms with van der Waals surface area (Å²) in [5, 5.41) is 31.0. The first-order valence-electron chi connectivity index (χ1n) is 6.77. The van der Waals surface area contributed by atoms with E-state index in [4.69, 9.17) is 22.1 Å². The van der Waals surface area contributed by atoms with Crippen LogP contribution in [0, 0.1) is 11.6 Å². The fourth-order valence-corrected chi connectivity index (χ4v) is 3.04. The molecule has 1 aromatic carbocycles. The van der Waals surface area contributed by atoms with Gasteiger partial charge in [-0.15, -0.1) is 0 Å². The molecule has 1 fully saturated rings. The molecule has 1 aliphatic heterocycles. The summed E-state index contributed by atoms with van der Waals surface area (Å²) >= 11 is 5.47. The van der Waals surface area contributed by atoms with E-state index in [-0.39, 0.29) is 6.61 Å². The van der Waals surface area contributed by atoms with E-state index < -0.39 is 24.5 Å². The highest BCUT2D eigenvalue weighted by molar-refractivity contribution is 7.71. The number of aliphatic hydroxyl groups excluding tert-OH is 3. The molecule has 0 spiro atoms. The lowest BCUT2D eigenvalue weighted by Gasteiger charge is -2.19. The number of aryl methyl sites for hydroxylation is 1. The van der Waals surface area contributed by atoms with Crippen molar-refractivity contribution in [3.05, 3.63) is 40.7 Å². The number of fused-ring (bicyclic) bond motifs is 1. The molecule has 0 bridgehead atoms. The minimum atomic E-state index is -1.13. The van der Waals surface area contributed by atoms with E-state index in [2.05, 4.69) is 0 Å². The van der Waals surface area contributed by atoms with E-state index in [0.29, 0.717) is 4.64 Å². The van der Waals surface area contributed by atoms with Crippen molar-refractivity contribution < 1.29 is 20.1 Å². The van der Waals surface area contributed by atoms with Gasteiger partial charge in [-0.05, 0) is 18.4 Å². The number of hydrogen-bond donors (Lipinski definition) is 3. The Hall–Kier alpha value is -1.31. The molecule has 2 unspecified atom stereocenters. The van der Waals surface area contributed by atoms with Gasteiger partial charge in [0.2, 0.25) is 0 Å². The van der Waals surface area contributed by atoms with Crippen molar-refractivity contribution in [2.24, 2.45) is 0 Å². The Bertz CT molecular complexity index is 729. The van der Waals surface area contributed by atoms with Crippen molar-refractivity contribution in [2.75, 3.05) is 6.61 Å². The highest BCUT2D eigenvalue weighted by Crippen LogP contribution is 2.31. The highest BCUT2D eigenvalue weighted by Gasteiger charge is 2.43. The van der Waals surface area contributed by atoms with Crippen LogP contribution in [0.1, 0.15) is 11.8 Å². The van der Waals surface area contributed by atoms with Crippen LogP contribution in [-0.2, 0) is 4.74 Å². The number of ether oxygens (including phenoxy) is 1. The van der Waals surface area contributed by atoms with Gasteiger partial charge in [0, 0.05) is 11.6 Å². The van der Waals surface area contributed by atoms with Crippen molar-refractivity contribution in [3.63, 3.8) is 0 Å². The summed E-state index contributed by atoms with van der Waals surface area (Å²) in [6, 6.07) is 7.84. The number of rotatable bonds is 2. The Labute approximate surface area is 127 Å². The topological polar surface area (TPSA) is 74.9 Å². The van der Waals surface area contributed by atoms with Gasteiger partial charge in [0.25, 0.3) is 0 Å². The van der Waals surface area contributed by atoms with Gasteiger partial charge in [-0.3, -0.25) is 0 Å². The summed E-state index contributed by atoms with van der Waals surface area (Å²) in [6.07, 6.45) is -2.12. The molecule has 3 rings (SSSR count). The Morgan fingerprint density at radius 3 is 2.67 bits per heavy atom. The van der Waals surface area contributed by atoms with Crippen LogP contribution in [0.2, 0.25) is 0 Å². The van der Waals surface area contributed by atoms with Crippen LogP contribution in [0.3, 0.4) is 0 Å². The monoisotopic (exact) mass is 307 g/mol. The predicted molar refractivity (Wildman–Crippen MR) is 80.5 cm³/mol. The lowest BCUT2D eigenvalue weighted by molar-refractivity contribution is -0.0533. The van der Waals surface area contributed by atoms with E-state index in [9.17, 15) is 10.2 Å². The third kappa shape index (κ3) is 2.39. The Morgan fingerprint density at radius 2 is 2.00 bits per heavy atom. The van der Waals surface area contributed by atoms with Crippen molar-refractivity contribution in [2.45, 2.75) is 31.5 Å². The average molecular weight is 307 g/mol. The molecule has 4 atom stereocenters. The molecule has 21 heavy (non-hydrogen) atoms. The molecule has 6 heteroatoms. The van der Waals surface area contributed by atoms with Gasteiger partial charge >= 0.3 is 0 Å². The molecule has 2 aromatic rings. The molecule has 5 nitrogen and oxygen atoms in total. The van der Waals surface area contributed by atoms with Crippen LogP contribution in [0.4, 0.5) is 0 Å². The molecule has 0 radical (unpaired) electrons. The summed E-state index contributed by atoms with van der Waals surface area (Å²) in [6.45, 7) is 1.66. The molecular formula is C15H17NO4S. The van der Waals surface area contributed by atoms with Gasteiger partial charge in [0.05, 0.1) is 6.61 Å². The summed E-state index contributed by atoms with van der Waals surface area (Å²) in [7, 11) is 0. The van der Waals surface area contributed by atoms with Gasteiger partial charge in [0.15, 0.2) is 6.23 Å². The van der Waals surface area contributed by atoms with Gasteiger partial charge in [-0.2, -0.15) is 0 Å². The minimum Gasteiger partial charge on any atom is -0.394 e. The maximum Gasteiger partial charge on any atom is 0.163 e. The first-order valence-corrected chi connectivity index (χ1v) is 7.17. The normalized spacial score (nSPS) is 29.1. The van der Waals surface area contributed by atoms with Gasteiger partial charge in [-0.25, -0.2) is 0 Å². The zero-order valence-corrected chi connectivity index (χ0v) is 12.3. The second-order valence-electron chi connectivity index (χ2n) is 5.35. The third-order valence-electron chi connectivity index (χ3n) is 3.88. The quantitative estimate of drug-likeness (QED) is 0.729. The fraction of sp³-hybridized carbons (Fsp3) is 0.400. The molecule has 2 heterocycles. The van der Waals surface area contributed by atoms with E-state index in [0.717, 1.165) is 16.3 Å². The lowest BCUT2D eigenvalue weighted by Crippen LogP contribution is -2.33. The molecule has 112 valence electrons. The number of aliphatic hydroxyl groups is 3. The van der Waals surface area contributed by atoms with Gasteiger partial charge in [-0.1, -0.05) is 36.0 Å². The zero-order valence-electron chi connectivity index (χ0n) is 11.5. The number of benzene rings is 1. The Balaban J connectivity index is 2.08. The van der Waals surface area contributed by atoms with Gasteiger partial charge in [0.1, 0.15) is 23.0 Å². The van der Waals surface area contributed by atoms with Crippen LogP contribution in [0.25, 0.3) is 10.8 Å². The largest absolute Gasteiger partial charge is 0.394 e. The molecule has 0 saturated carbocycles. The highest BCUT2D eigenvalue weighted by atomic mass is 32.1. The number of nitrogens with zero attached hydrogens (tertiary/aromatic N) is 1. The SMILES string of the molecule is Cc1ccc2c(=S)n([C@@H]3O[C@H](CO)C(O)C3O)ccc2c1. The van der Waals surface area contributed by atoms with Crippen molar-refractivity contribution in [3.8, 4) is 0 Å². The van der Waals surface area contributed by atoms with Crippen LogP contribution in [-0.4, -0.2) is 44.8 Å². The smallest absolute Gasteiger partial charge is 0.163 e. The standard InChI is InChI=1S/C15H17NO4S/c1-8-2-3-10-9(6-8)4-5-16(15(10)21)14-13(19)12(18)11(7-17)20-14/h2-6,11-14,17-19H,7H2,1H3/t11-,12?,13?,14-/m1/s1. The second-order valence-corrected chi connectivity index (χ2v) is 5.73. The summed E-state index contributed by atoms with van der Waals surface area (Å²) < 4.78 is 7.67. The molecule has 3 N–H and O–H groups in total. The van der Waals surface area contributed by atoms with Crippen molar-refractivity contribution in [1.82, 2.24) is 4.57 Å². The maximum atomic E-state index is 10.1. The van der Waals surface area contributed by atoms with Gasteiger partial charge < -0.3 is 24.6 Å². The number of hydrogen-bond acceptors (Lipinski definition) is 5. The summed E-state index contributed by atoms with van der Waals surface area (Å²) in [5.74, 6) is 0. The second kappa shape index (κ2) is 5.47. The first kappa shape index (κ1) is 14.6. The Morgan fingerprint density at radius 1 is 1.24 bits per heavy atom. The summed E-state index contributed by atoms with van der Waals surface area (Å²) in [4.78, 5) is 0. The van der Waals surface area contributed by atoms with E-state index in [1.165, 1.54) is 0 Å². The molecule has 0 aliphatic carbocycles. The Kier molecular flexibility index (Phi) is 3.81. The molecule has 0 amide bonds. The fourth-order valence-electron chi connectivity index (χ4n) is 2.69. The number of pyridine rings is 1. The van der Waals surface area contributed by atoms with Crippen LogP contribution >= 0.6 is 12.2 Å². The van der Waals surface area contributed by atoms with Crippen LogP contribution in [0.5, 0.6) is 0 Å². The zero-order chi connectivity index (χ0) is 15.1. The first-order chi connectivity index (χ1) is 10.0. The molecule has 1 aromatic heterocycles. The summed E-state index contributed by atoms with van der Waals surface area (Å²) in [5.41, 5.74) is 1.14. The van der Waals surface area contributed by atoms with Crippen molar-refractivity contribution in [1.29, 1.82) is 0 Å².